The molecule has 106 valence electrons. The third-order valence-corrected chi connectivity index (χ3v) is 4.19. The minimum Gasteiger partial charge on any atom is -0.328 e. The molecule has 4 heteroatoms. The first-order valence-electron chi connectivity index (χ1n) is 6.44. The van der Waals surface area contributed by atoms with Gasteiger partial charge in [0.05, 0.1) is 4.90 Å². The summed E-state index contributed by atoms with van der Waals surface area (Å²) in [5.41, 5.74) is 7.24. The van der Waals surface area contributed by atoms with Gasteiger partial charge in [0, 0.05) is 10.9 Å². The first-order valence-corrected chi connectivity index (χ1v) is 7.26. The lowest BCUT2D eigenvalue weighted by Gasteiger charge is -2.10. The summed E-state index contributed by atoms with van der Waals surface area (Å²) in [6.45, 7) is 3.73. The Bertz CT molecular complexity index is 588. The van der Waals surface area contributed by atoms with Crippen LogP contribution in [0.4, 0.5) is 8.78 Å². The molecular weight excluding hydrogens is 276 g/mol. The molecule has 20 heavy (non-hydrogen) atoms. The standard InChI is InChI=1S/C16H17F2NS/c1-10-5-3-4-6-15(10)20-16-13(17)8-12(7-11(2)19)9-14(16)18/h3-6,8-9,11H,7,19H2,1-2H3. The lowest BCUT2D eigenvalue weighted by Crippen LogP contribution is -2.18. The highest BCUT2D eigenvalue weighted by Crippen LogP contribution is 2.34. The molecule has 0 saturated carbocycles. The molecule has 2 N–H and O–H groups in total. The van der Waals surface area contributed by atoms with Gasteiger partial charge >= 0.3 is 0 Å². The molecule has 1 nitrogen and oxygen atoms in total. The Morgan fingerprint density at radius 3 is 2.30 bits per heavy atom. The highest BCUT2D eigenvalue weighted by molar-refractivity contribution is 7.99. The number of hydrogen-bond donors (Lipinski definition) is 1. The fourth-order valence-corrected chi connectivity index (χ4v) is 2.89. The second kappa shape index (κ2) is 6.37. The van der Waals surface area contributed by atoms with Crippen LogP contribution < -0.4 is 5.73 Å². The molecule has 0 aromatic heterocycles. The zero-order valence-electron chi connectivity index (χ0n) is 11.5. The zero-order valence-corrected chi connectivity index (χ0v) is 12.3. The first-order chi connectivity index (χ1) is 9.47. The Balaban J connectivity index is 2.31. The van der Waals surface area contributed by atoms with Gasteiger partial charge in [0.15, 0.2) is 0 Å². The maximum absolute atomic E-state index is 14.1. The average Bonchev–Trinajstić information content (AvgIpc) is 2.35. The molecular formula is C16H17F2NS. The van der Waals surface area contributed by atoms with E-state index in [0.29, 0.717) is 12.0 Å². The van der Waals surface area contributed by atoms with Crippen LogP contribution in [-0.4, -0.2) is 6.04 Å². The van der Waals surface area contributed by atoms with Gasteiger partial charge in [-0.05, 0) is 49.6 Å². The lowest BCUT2D eigenvalue weighted by atomic mass is 10.1. The molecule has 1 atom stereocenters. The van der Waals surface area contributed by atoms with Crippen LogP contribution >= 0.6 is 11.8 Å². The van der Waals surface area contributed by atoms with Gasteiger partial charge < -0.3 is 5.73 Å². The summed E-state index contributed by atoms with van der Waals surface area (Å²) in [6, 6.07) is 10.1. The van der Waals surface area contributed by atoms with Gasteiger partial charge in [0.25, 0.3) is 0 Å². The molecule has 0 aliphatic carbocycles. The molecule has 0 aliphatic heterocycles. The van der Waals surface area contributed by atoms with Gasteiger partial charge in [-0.25, -0.2) is 8.78 Å². The molecule has 0 saturated heterocycles. The molecule has 0 bridgehead atoms. The van der Waals surface area contributed by atoms with Gasteiger partial charge in [0.2, 0.25) is 0 Å². The van der Waals surface area contributed by atoms with Crippen molar-refractivity contribution in [2.45, 2.75) is 36.1 Å². The van der Waals surface area contributed by atoms with Crippen molar-refractivity contribution in [2.24, 2.45) is 5.73 Å². The van der Waals surface area contributed by atoms with Crippen molar-refractivity contribution in [2.75, 3.05) is 0 Å². The minimum atomic E-state index is -0.533. The summed E-state index contributed by atoms with van der Waals surface area (Å²) in [7, 11) is 0. The number of hydrogen-bond acceptors (Lipinski definition) is 2. The van der Waals surface area contributed by atoms with Crippen LogP contribution in [0.3, 0.4) is 0 Å². The van der Waals surface area contributed by atoms with Crippen molar-refractivity contribution >= 4 is 11.8 Å². The summed E-state index contributed by atoms with van der Waals surface area (Å²) >= 11 is 1.11. The van der Waals surface area contributed by atoms with Gasteiger partial charge in [-0.2, -0.15) is 0 Å². The quantitative estimate of drug-likeness (QED) is 0.909. The van der Waals surface area contributed by atoms with Crippen molar-refractivity contribution in [3.8, 4) is 0 Å². The number of rotatable bonds is 4. The number of nitrogens with two attached hydrogens (primary N) is 1. The maximum Gasteiger partial charge on any atom is 0.140 e. The monoisotopic (exact) mass is 293 g/mol. The normalized spacial score (nSPS) is 12.4. The van der Waals surface area contributed by atoms with E-state index in [-0.39, 0.29) is 10.9 Å². The van der Waals surface area contributed by atoms with E-state index in [1.807, 2.05) is 38.1 Å². The summed E-state index contributed by atoms with van der Waals surface area (Å²) in [6.07, 6.45) is 0.461. The van der Waals surface area contributed by atoms with Crippen molar-refractivity contribution in [3.63, 3.8) is 0 Å². The Kier molecular flexibility index (Phi) is 4.78. The summed E-state index contributed by atoms with van der Waals surface area (Å²) < 4.78 is 28.2. The molecule has 0 amide bonds. The number of aryl methyl sites for hydroxylation is 1. The molecule has 0 radical (unpaired) electrons. The number of halogens is 2. The topological polar surface area (TPSA) is 26.0 Å². The second-order valence-corrected chi connectivity index (χ2v) is 5.99. The second-order valence-electron chi connectivity index (χ2n) is 4.94. The van der Waals surface area contributed by atoms with E-state index in [4.69, 9.17) is 5.73 Å². The first kappa shape index (κ1) is 15.0. The minimum absolute atomic E-state index is 0.0349. The molecule has 0 fully saturated rings. The SMILES string of the molecule is Cc1ccccc1Sc1c(F)cc(CC(C)N)cc1F. The molecule has 2 rings (SSSR count). The van der Waals surface area contributed by atoms with Crippen LogP contribution in [0.5, 0.6) is 0 Å². The summed E-state index contributed by atoms with van der Waals surface area (Å²) in [5, 5.41) is 0. The van der Waals surface area contributed by atoms with E-state index in [9.17, 15) is 8.78 Å². The van der Waals surface area contributed by atoms with Gasteiger partial charge in [0.1, 0.15) is 11.6 Å². The molecule has 0 aliphatic rings. The fraction of sp³-hybridized carbons (Fsp3) is 0.250. The van der Waals surface area contributed by atoms with E-state index in [1.165, 1.54) is 12.1 Å². The third-order valence-electron chi connectivity index (χ3n) is 2.92. The summed E-state index contributed by atoms with van der Waals surface area (Å²) in [4.78, 5) is 0.887. The van der Waals surface area contributed by atoms with Crippen LogP contribution in [0, 0.1) is 18.6 Å². The predicted molar refractivity (Wildman–Crippen MR) is 79.0 cm³/mol. The van der Waals surface area contributed by atoms with Crippen LogP contribution in [0.25, 0.3) is 0 Å². The Labute approximate surface area is 122 Å². The molecule has 2 aromatic carbocycles. The lowest BCUT2D eigenvalue weighted by molar-refractivity contribution is 0.535. The predicted octanol–water partition coefficient (Wildman–Crippen LogP) is 4.31. The van der Waals surface area contributed by atoms with E-state index < -0.39 is 11.6 Å². The molecule has 0 spiro atoms. The summed E-state index contributed by atoms with van der Waals surface area (Å²) in [5.74, 6) is -1.07. The van der Waals surface area contributed by atoms with Gasteiger partial charge in [-0.15, -0.1) is 0 Å². The van der Waals surface area contributed by atoms with Crippen molar-refractivity contribution in [1.29, 1.82) is 0 Å². The third kappa shape index (κ3) is 3.58. The fourth-order valence-electron chi connectivity index (χ4n) is 1.98. The van der Waals surface area contributed by atoms with Crippen LogP contribution in [0.15, 0.2) is 46.2 Å². The Morgan fingerprint density at radius 2 is 1.75 bits per heavy atom. The largest absolute Gasteiger partial charge is 0.328 e. The molecule has 1 unspecified atom stereocenters. The van der Waals surface area contributed by atoms with Crippen LogP contribution in [0.2, 0.25) is 0 Å². The maximum atomic E-state index is 14.1. The van der Waals surface area contributed by atoms with Crippen molar-refractivity contribution < 1.29 is 8.78 Å². The average molecular weight is 293 g/mol. The van der Waals surface area contributed by atoms with E-state index in [2.05, 4.69) is 0 Å². The van der Waals surface area contributed by atoms with Crippen molar-refractivity contribution in [1.82, 2.24) is 0 Å². The molecule has 2 aromatic rings. The van der Waals surface area contributed by atoms with Crippen LogP contribution in [-0.2, 0) is 6.42 Å². The van der Waals surface area contributed by atoms with Crippen LogP contribution in [0.1, 0.15) is 18.1 Å². The van der Waals surface area contributed by atoms with Gasteiger partial charge in [-0.3, -0.25) is 0 Å². The van der Waals surface area contributed by atoms with E-state index >= 15 is 0 Å². The van der Waals surface area contributed by atoms with E-state index in [1.54, 1.807) is 0 Å². The highest BCUT2D eigenvalue weighted by atomic mass is 32.2. The van der Waals surface area contributed by atoms with E-state index in [0.717, 1.165) is 22.2 Å². The highest BCUT2D eigenvalue weighted by Gasteiger charge is 2.14. The smallest absolute Gasteiger partial charge is 0.140 e. The molecule has 0 heterocycles. The number of benzene rings is 2. The Morgan fingerprint density at radius 1 is 1.15 bits per heavy atom. The zero-order chi connectivity index (χ0) is 14.7. The Hall–Kier alpha value is -1.39. The van der Waals surface area contributed by atoms with Crippen molar-refractivity contribution in [3.05, 3.63) is 59.2 Å². The van der Waals surface area contributed by atoms with Gasteiger partial charge in [-0.1, -0.05) is 30.0 Å².